The van der Waals surface area contributed by atoms with Crippen molar-refractivity contribution < 1.29 is 90.6 Å². The number of benzene rings is 2. The smallest absolute Gasteiger partial charge is 0.399 e. The molecule has 6 aliphatic carbocycles. The molecule has 3 fully saturated rings. The van der Waals surface area contributed by atoms with Gasteiger partial charge in [-0.15, -0.1) is 0 Å². The molecule has 0 amide bonds. The Morgan fingerprint density at radius 1 is 0.600 bits per heavy atom. The van der Waals surface area contributed by atoms with Crippen LogP contribution in [0.3, 0.4) is 0 Å². The van der Waals surface area contributed by atoms with E-state index in [1.807, 2.05) is 24.4 Å². The van der Waals surface area contributed by atoms with Gasteiger partial charge in [0.15, 0.2) is 23.0 Å². The van der Waals surface area contributed by atoms with E-state index in [0.717, 1.165) is 53.1 Å². The Balaban J connectivity index is 0.000000159. The number of carbonyl (C=O) groups is 2. The van der Waals surface area contributed by atoms with Gasteiger partial charge in [0.05, 0.1) is 34.0 Å². The molecule has 2 N–H and O–H groups in total. The van der Waals surface area contributed by atoms with Gasteiger partial charge in [-0.1, -0.05) is 42.2 Å². The van der Waals surface area contributed by atoms with Crippen LogP contribution < -0.4 is 5.46 Å². The maximum atomic E-state index is 15.2. The molecule has 6 aromatic heterocycles. The van der Waals surface area contributed by atoms with E-state index in [-0.39, 0.29) is 77.9 Å². The van der Waals surface area contributed by atoms with E-state index in [4.69, 9.17) is 14.3 Å². The second-order valence-electron chi connectivity index (χ2n) is 30.7. The number of halogens is 15. The van der Waals surface area contributed by atoms with Crippen LogP contribution in [0.4, 0.5) is 61.5 Å². The average molecular weight is 1600 g/mol. The predicted molar refractivity (Wildman–Crippen MR) is 380 cm³/mol. The summed E-state index contributed by atoms with van der Waals surface area (Å²) in [5.74, 6) is -7.67. The maximum Gasteiger partial charge on any atom is 0.496 e. The minimum Gasteiger partial charge on any atom is -0.399 e. The van der Waals surface area contributed by atoms with Gasteiger partial charge in [-0.25, -0.2) is 27.5 Å². The van der Waals surface area contributed by atoms with Gasteiger partial charge in [0, 0.05) is 106 Å². The van der Waals surface area contributed by atoms with E-state index < -0.39 is 166 Å². The van der Waals surface area contributed by atoms with Crippen LogP contribution in [-0.2, 0) is 81.9 Å². The lowest BCUT2D eigenvalue weighted by molar-refractivity contribution is -0.143. The van der Waals surface area contributed by atoms with E-state index >= 15 is 8.78 Å². The number of nitrogens with zero attached hydrogens (tertiary/aromatic N) is 8. The molecule has 574 valence electrons. The maximum absolute atomic E-state index is 15.2. The Morgan fingerprint density at radius 2 is 1.02 bits per heavy atom. The van der Waals surface area contributed by atoms with Crippen LogP contribution in [0.5, 0.6) is 0 Å². The van der Waals surface area contributed by atoms with Gasteiger partial charge in [-0.3, -0.25) is 28.9 Å². The summed E-state index contributed by atoms with van der Waals surface area (Å²) in [7, 11) is -0.318. The number of pyridine rings is 4. The summed E-state index contributed by atoms with van der Waals surface area (Å²) in [6.07, 6.45) is 1.81. The Hall–Kier alpha value is -9.20. The molecule has 7 heterocycles. The number of aromatic nitrogens is 8. The first-order chi connectivity index (χ1) is 51.3. The number of hydrogen-bond acceptors (Lipinski definition) is 12. The number of rotatable bonds is 16. The summed E-state index contributed by atoms with van der Waals surface area (Å²) >= 11 is 3.35. The van der Waals surface area contributed by atoms with Gasteiger partial charge in [0.2, 0.25) is 0 Å². The SMILES string of the molecule is CC(C)(O)C#Cc1ccc(-c2cnc3c(c2)C=CC3)c([C@@H](CC(=O)Cn2nc(C(F)(F)F)c3c2C(F)(F)[C@@H]2C[C@H]32)Cc2cc(F)cc(F)c2)n1.CC(C)(O)C#Cc1ccc(Br)c([C@@H](CC(=O)Cn2nc(C(F)(F)F)c3c2C(F)(F)[C@@H]2C[C@H]32)Cc2cc(F)cc(F)c2)n1.CC1(C)OB(c2cnc3c(c2)C=CC3)OC1(C)C. The van der Waals surface area contributed by atoms with Crippen molar-refractivity contribution in [3.63, 3.8) is 0 Å². The lowest BCUT2D eigenvalue weighted by Crippen LogP contribution is -2.41. The number of carbonyl (C=O) groups excluding carboxylic acids is 2. The van der Waals surface area contributed by atoms with Crippen LogP contribution in [0.2, 0.25) is 0 Å². The van der Waals surface area contributed by atoms with Gasteiger partial charge in [0.25, 0.3) is 11.8 Å². The normalized spacial score (nSPS) is 19.9. The molecule has 1 aliphatic heterocycles. The molecule has 2 aromatic carbocycles. The highest BCUT2D eigenvalue weighted by Crippen LogP contribution is 2.70. The highest BCUT2D eigenvalue weighted by atomic mass is 79.9. The largest absolute Gasteiger partial charge is 0.496 e. The number of allylic oxidation sites excluding steroid dienone is 2. The predicted octanol–water partition coefficient (Wildman–Crippen LogP) is 16.1. The van der Waals surface area contributed by atoms with E-state index in [0.29, 0.717) is 43.5 Å². The fourth-order valence-electron chi connectivity index (χ4n) is 14.6. The number of Topliss-reactive ketones (excluding diaryl/α,β-unsaturated/α-hetero) is 2. The molecule has 0 radical (unpaired) electrons. The molecule has 8 aromatic rings. The summed E-state index contributed by atoms with van der Waals surface area (Å²) in [5, 5.41) is 27.0. The Labute approximate surface area is 631 Å². The highest BCUT2D eigenvalue weighted by molar-refractivity contribution is 9.10. The number of hydrogen-bond donors (Lipinski definition) is 2. The molecule has 30 heteroatoms. The quantitative estimate of drug-likeness (QED) is 0.0532. The third-order valence-corrected chi connectivity index (χ3v) is 21.1. The Bertz CT molecular complexity index is 5170. The lowest BCUT2D eigenvalue weighted by Gasteiger charge is -2.32. The fourth-order valence-corrected chi connectivity index (χ4v) is 15.2. The summed E-state index contributed by atoms with van der Waals surface area (Å²) in [6, 6.07) is 16.0. The monoisotopic (exact) mass is 1590 g/mol. The standard InChI is InChI=1S/C37H29F7N4O2.C29H23BrF7N3O2.C14H18BNO2/c1-35(2,50)9-8-25-6-7-27(22-13-20-4-3-5-30(20)45-17-22)32(46-25)21(10-19-11-23(38)15-24(39)12-19)14-26(49)18-48-34-31(33(47-48)37(42,43)44)28-16-29(28)36(34,40)41;1-27(2,42)6-5-18-3-4-22(30)24(38-18)15(7-14-8-16(31)11-17(32)9-14)10-19(41)13-40-26-23(25(39-40)29(35,36)37)20-12-21(20)28(26,33)34;1-13(2)14(3,4)18-15(17-13)11-8-10-6-5-7-12(10)16-9-11/h3-4,6-7,11-13,15,17,21,28-29,50H,5,10,14,16,18H2,1-2H3;3-4,8-9,11,15,20-21,42H,7,10,12-13H2,1-2H3;5-6,8-9H,7H2,1-4H3/t21-,28+,29-;15-,20+,21-;/m11./s1. The summed E-state index contributed by atoms with van der Waals surface area (Å²) in [6.45, 7) is 12.4. The number of aliphatic hydroxyl groups is 2. The Morgan fingerprint density at radius 3 is 1.46 bits per heavy atom. The van der Waals surface area contributed by atoms with Crippen LogP contribution >= 0.6 is 15.9 Å². The van der Waals surface area contributed by atoms with Crippen molar-refractivity contribution in [2.45, 2.75) is 190 Å². The molecular weight excluding hydrogens is 1530 g/mol. The lowest BCUT2D eigenvalue weighted by atomic mass is 9.79. The van der Waals surface area contributed by atoms with Crippen LogP contribution in [0.25, 0.3) is 23.3 Å². The minimum absolute atomic E-state index is 0.0820. The van der Waals surface area contributed by atoms with Crippen LogP contribution in [0.1, 0.15) is 195 Å². The number of alkyl halides is 10. The summed E-state index contributed by atoms with van der Waals surface area (Å²) < 4.78 is 213. The second kappa shape index (κ2) is 28.8. The summed E-state index contributed by atoms with van der Waals surface area (Å²) in [5.41, 5.74) is -1.74. The molecule has 7 aliphatic rings. The zero-order chi connectivity index (χ0) is 79.5. The van der Waals surface area contributed by atoms with E-state index in [1.165, 1.54) is 39.3 Å². The van der Waals surface area contributed by atoms with Crippen molar-refractivity contribution in [2.24, 2.45) is 11.8 Å². The third kappa shape index (κ3) is 16.7. The van der Waals surface area contributed by atoms with Crippen molar-refractivity contribution in [1.82, 2.24) is 39.5 Å². The molecule has 110 heavy (non-hydrogen) atoms. The summed E-state index contributed by atoms with van der Waals surface area (Å²) in [4.78, 5) is 45.3. The minimum atomic E-state index is -5.00. The van der Waals surface area contributed by atoms with Gasteiger partial charge in [0.1, 0.15) is 70.3 Å². The van der Waals surface area contributed by atoms with E-state index in [2.05, 4.69) is 111 Å². The first kappa shape index (κ1) is 78.9. The Kier molecular flexibility index (Phi) is 20.7. The molecule has 0 spiro atoms. The van der Waals surface area contributed by atoms with Crippen molar-refractivity contribution in [2.75, 3.05) is 0 Å². The molecule has 6 atom stereocenters. The molecule has 0 unspecified atom stereocenters. The van der Waals surface area contributed by atoms with Crippen LogP contribution in [-0.4, -0.2) is 90.8 Å². The van der Waals surface area contributed by atoms with Crippen molar-refractivity contribution in [3.8, 4) is 34.8 Å². The van der Waals surface area contributed by atoms with Crippen LogP contribution in [0, 0.1) is 58.8 Å². The fraction of sp³-hybridized carbons (Fsp3) is 0.400. The van der Waals surface area contributed by atoms with E-state index in [9.17, 15) is 72.5 Å². The van der Waals surface area contributed by atoms with Crippen molar-refractivity contribution in [1.29, 1.82) is 0 Å². The average Bonchev–Trinajstić information content (AvgIpc) is 1.52. The molecule has 0 bridgehead atoms. The van der Waals surface area contributed by atoms with Gasteiger partial charge >= 0.3 is 19.5 Å². The van der Waals surface area contributed by atoms with Gasteiger partial charge < -0.3 is 19.5 Å². The van der Waals surface area contributed by atoms with Crippen molar-refractivity contribution in [3.05, 3.63) is 215 Å². The third-order valence-electron chi connectivity index (χ3n) is 20.5. The van der Waals surface area contributed by atoms with Gasteiger partial charge in [-0.05, 0) is 198 Å². The molecule has 14 nitrogen and oxygen atoms in total. The zero-order valence-corrected chi connectivity index (χ0v) is 61.9. The second-order valence-corrected chi connectivity index (χ2v) is 31.5. The molecular formula is C80H70BBrF14N8O6. The highest BCUT2D eigenvalue weighted by Gasteiger charge is 2.70. The molecule has 2 saturated carbocycles. The van der Waals surface area contributed by atoms with E-state index in [1.54, 1.807) is 24.4 Å². The number of fused-ring (bicyclic) bond motifs is 8. The first-order valence-corrected chi connectivity index (χ1v) is 36.0. The zero-order valence-electron chi connectivity index (χ0n) is 60.3. The molecule has 1 saturated heterocycles. The van der Waals surface area contributed by atoms with Gasteiger partial charge in [-0.2, -0.15) is 54.1 Å². The molecule has 15 rings (SSSR count). The first-order valence-electron chi connectivity index (χ1n) is 35.2. The van der Waals surface area contributed by atoms with Crippen LogP contribution in [0.15, 0.2) is 102 Å². The number of ketones is 2. The topological polar surface area (TPSA) is 180 Å². The van der Waals surface area contributed by atoms with Crippen molar-refractivity contribution >= 4 is 52.2 Å².